The summed E-state index contributed by atoms with van der Waals surface area (Å²) < 4.78 is 12.9. The number of anilines is 1. The number of halogens is 2. The van der Waals surface area contributed by atoms with Gasteiger partial charge in [-0.2, -0.15) is 4.39 Å². The van der Waals surface area contributed by atoms with Gasteiger partial charge in [0.25, 0.3) is 5.91 Å². The number of hydrogen-bond acceptors (Lipinski definition) is 3. The van der Waals surface area contributed by atoms with Crippen molar-refractivity contribution in [3.63, 3.8) is 0 Å². The maximum absolute atomic E-state index is 12.9. The molecule has 2 aromatic heterocycles. The van der Waals surface area contributed by atoms with Crippen molar-refractivity contribution in [1.29, 1.82) is 0 Å². The molecule has 1 N–H and O–H groups in total. The van der Waals surface area contributed by atoms with E-state index in [1.54, 1.807) is 13.0 Å². The van der Waals surface area contributed by atoms with E-state index in [9.17, 15) is 9.18 Å². The molecule has 0 aliphatic rings. The summed E-state index contributed by atoms with van der Waals surface area (Å²) in [5, 5.41) is 2.73. The predicted octanol–water partition coefficient (Wildman–Crippen LogP) is 2.83. The zero-order valence-corrected chi connectivity index (χ0v) is 10.2. The van der Waals surface area contributed by atoms with Gasteiger partial charge in [0.1, 0.15) is 5.82 Å². The topological polar surface area (TPSA) is 54.9 Å². The third-order valence-corrected chi connectivity index (χ3v) is 2.50. The molecule has 1 amide bonds. The van der Waals surface area contributed by atoms with Gasteiger partial charge in [0, 0.05) is 11.9 Å². The van der Waals surface area contributed by atoms with Crippen molar-refractivity contribution in [3.8, 4) is 0 Å². The van der Waals surface area contributed by atoms with Gasteiger partial charge in [-0.1, -0.05) is 17.7 Å². The normalized spacial score (nSPS) is 10.2. The molecule has 6 heteroatoms. The Bertz CT molecular complexity index is 604. The minimum Gasteiger partial charge on any atom is -0.306 e. The maximum atomic E-state index is 12.9. The molecule has 0 aromatic carbocycles. The monoisotopic (exact) mass is 265 g/mol. The summed E-state index contributed by atoms with van der Waals surface area (Å²) in [5.41, 5.74) is 0.925. The van der Waals surface area contributed by atoms with Crippen LogP contribution in [-0.4, -0.2) is 15.9 Å². The maximum Gasteiger partial charge on any atom is 0.259 e. The van der Waals surface area contributed by atoms with Crippen LogP contribution in [0.25, 0.3) is 0 Å². The third-order valence-electron chi connectivity index (χ3n) is 2.19. The first-order valence-corrected chi connectivity index (χ1v) is 5.50. The van der Waals surface area contributed by atoms with Gasteiger partial charge in [-0.3, -0.25) is 9.78 Å². The molecule has 2 aromatic rings. The summed E-state index contributed by atoms with van der Waals surface area (Å²) in [5.74, 6) is -1.02. The van der Waals surface area contributed by atoms with E-state index in [1.807, 2.05) is 0 Å². The van der Waals surface area contributed by atoms with E-state index in [-0.39, 0.29) is 16.4 Å². The van der Waals surface area contributed by atoms with Crippen LogP contribution in [0.4, 0.5) is 10.2 Å². The van der Waals surface area contributed by atoms with Crippen molar-refractivity contribution in [2.45, 2.75) is 6.92 Å². The molecule has 0 saturated heterocycles. The lowest BCUT2D eigenvalue weighted by molar-refractivity contribution is 0.102. The molecule has 0 aliphatic heterocycles. The van der Waals surface area contributed by atoms with Crippen molar-refractivity contribution in [1.82, 2.24) is 9.97 Å². The Kier molecular flexibility index (Phi) is 3.53. The van der Waals surface area contributed by atoms with Crippen LogP contribution in [0, 0.1) is 12.9 Å². The minimum absolute atomic E-state index is 0.122. The number of carbonyl (C=O) groups excluding carboxylic acids is 1. The van der Waals surface area contributed by atoms with E-state index in [1.165, 1.54) is 24.4 Å². The fraction of sp³-hybridized carbons (Fsp3) is 0.0833. The molecule has 92 valence electrons. The highest BCUT2D eigenvalue weighted by molar-refractivity contribution is 6.34. The molecule has 4 nitrogen and oxygen atoms in total. The molecular formula is C12H9ClFN3O. The summed E-state index contributed by atoms with van der Waals surface area (Å²) >= 11 is 5.93. The second-order valence-electron chi connectivity index (χ2n) is 3.61. The summed E-state index contributed by atoms with van der Waals surface area (Å²) in [6, 6.07) is 5.70. The Balaban J connectivity index is 2.22. The lowest BCUT2D eigenvalue weighted by Gasteiger charge is -2.06. The summed E-state index contributed by atoms with van der Waals surface area (Å²) in [6.07, 6.45) is 1.37. The van der Waals surface area contributed by atoms with E-state index in [4.69, 9.17) is 11.6 Å². The average Bonchev–Trinajstić information content (AvgIpc) is 2.28. The highest BCUT2D eigenvalue weighted by Gasteiger charge is 2.12. The number of hydrogen-bond donors (Lipinski definition) is 1. The van der Waals surface area contributed by atoms with Crippen LogP contribution in [0.3, 0.4) is 0 Å². The summed E-state index contributed by atoms with van der Waals surface area (Å²) in [4.78, 5) is 19.4. The van der Waals surface area contributed by atoms with E-state index < -0.39 is 11.9 Å². The Labute approximate surface area is 108 Å². The van der Waals surface area contributed by atoms with Crippen molar-refractivity contribution in [2.75, 3.05) is 5.32 Å². The Morgan fingerprint density at radius 2 is 2.22 bits per heavy atom. The highest BCUT2D eigenvalue weighted by Crippen LogP contribution is 2.17. The number of nitrogens with zero attached hydrogens (tertiary/aromatic N) is 2. The van der Waals surface area contributed by atoms with Crippen LogP contribution in [0.1, 0.15) is 16.1 Å². The van der Waals surface area contributed by atoms with Gasteiger partial charge < -0.3 is 5.32 Å². The molecule has 0 bridgehead atoms. The van der Waals surface area contributed by atoms with Gasteiger partial charge in [-0.25, -0.2) is 4.98 Å². The quantitative estimate of drug-likeness (QED) is 0.850. The van der Waals surface area contributed by atoms with Crippen LogP contribution >= 0.6 is 11.6 Å². The Morgan fingerprint density at radius 1 is 1.44 bits per heavy atom. The smallest absolute Gasteiger partial charge is 0.259 e. The van der Waals surface area contributed by atoms with Gasteiger partial charge in [-0.15, -0.1) is 0 Å². The van der Waals surface area contributed by atoms with Crippen LogP contribution in [0.15, 0.2) is 30.5 Å². The van der Waals surface area contributed by atoms with Crippen molar-refractivity contribution in [2.24, 2.45) is 0 Å². The molecule has 0 unspecified atom stereocenters. The van der Waals surface area contributed by atoms with Gasteiger partial charge in [0.15, 0.2) is 0 Å². The van der Waals surface area contributed by atoms with Crippen LogP contribution in [0.2, 0.25) is 5.02 Å². The van der Waals surface area contributed by atoms with E-state index in [0.29, 0.717) is 5.69 Å². The summed E-state index contributed by atoms with van der Waals surface area (Å²) in [6.45, 7) is 1.77. The first-order valence-electron chi connectivity index (χ1n) is 5.12. The fourth-order valence-corrected chi connectivity index (χ4v) is 1.65. The first-order chi connectivity index (χ1) is 8.56. The lowest BCUT2D eigenvalue weighted by atomic mass is 10.2. The number of carbonyl (C=O) groups is 1. The second kappa shape index (κ2) is 5.10. The highest BCUT2D eigenvalue weighted by atomic mass is 35.5. The molecule has 0 atom stereocenters. The number of rotatable bonds is 2. The number of aromatic nitrogens is 2. The van der Waals surface area contributed by atoms with Crippen LogP contribution in [-0.2, 0) is 0 Å². The van der Waals surface area contributed by atoms with Gasteiger partial charge in [0.2, 0.25) is 5.95 Å². The number of nitrogens with one attached hydrogen (secondary N) is 1. The molecule has 0 aliphatic carbocycles. The van der Waals surface area contributed by atoms with Gasteiger partial charge >= 0.3 is 0 Å². The fourth-order valence-electron chi connectivity index (χ4n) is 1.36. The second-order valence-corrected chi connectivity index (χ2v) is 4.01. The molecule has 18 heavy (non-hydrogen) atoms. The van der Waals surface area contributed by atoms with Crippen molar-refractivity contribution >= 4 is 23.3 Å². The van der Waals surface area contributed by atoms with Crippen LogP contribution in [0.5, 0.6) is 0 Å². The number of pyridine rings is 2. The Morgan fingerprint density at radius 3 is 2.89 bits per heavy atom. The minimum atomic E-state index is -0.666. The number of amides is 1. The molecule has 0 radical (unpaired) electrons. The zero-order valence-electron chi connectivity index (χ0n) is 9.45. The third kappa shape index (κ3) is 2.81. The molecule has 2 rings (SSSR count). The molecule has 0 fully saturated rings. The standard InChI is InChI=1S/C12H9ClFN3O/c1-7-5-9(13)8(6-15-7)12(18)17-11-4-2-3-10(14)16-11/h2-6H,1H3,(H,16,17,18). The Hall–Kier alpha value is -2.01. The zero-order chi connectivity index (χ0) is 13.1. The van der Waals surface area contributed by atoms with Crippen LogP contribution < -0.4 is 5.32 Å². The predicted molar refractivity (Wildman–Crippen MR) is 66.1 cm³/mol. The van der Waals surface area contributed by atoms with Crippen molar-refractivity contribution < 1.29 is 9.18 Å². The SMILES string of the molecule is Cc1cc(Cl)c(C(=O)Nc2cccc(F)n2)cn1. The molecule has 0 saturated carbocycles. The molecule has 2 heterocycles. The summed E-state index contributed by atoms with van der Waals surface area (Å²) in [7, 11) is 0. The molecular weight excluding hydrogens is 257 g/mol. The van der Waals surface area contributed by atoms with Crippen molar-refractivity contribution in [3.05, 3.63) is 52.7 Å². The number of aryl methyl sites for hydroxylation is 1. The largest absolute Gasteiger partial charge is 0.306 e. The lowest BCUT2D eigenvalue weighted by Crippen LogP contribution is -2.14. The van der Waals surface area contributed by atoms with Gasteiger partial charge in [-0.05, 0) is 25.1 Å². The first kappa shape index (κ1) is 12.4. The molecule has 0 spiro atoms. The van der Waals surface area contributed by atoms with E-state index >= 15 is 0 Å². The average molecular weight is 266 g/mol. The van der Waals surface area contributed by atoms with E-state index in [2.05, 4.69) is 15.3 Å². The van der Waals surface area contributed by atoms with E-state index in [0.717, 1.165) is 0 Å². The van der Waals surface area contributed by atoms with Gasteiger partial charge in [0.05, 0.1) is 10.6 Å².